The SMILES string of the molecule is COCc1nc(C(=O)NC2CCN(C(=O)O)CC2OC)[nH]c1C. The Morgan fingerprint density at radius 2 is 2.22 bits per heavy atom. The first kappa shape index (κ1) is 17.2. The van der Waals surface area contributed by atoms with Crippen LogP contribution in [0.1, 0.15) is 28.4 Å². The summed E-state index contributed by atoms with van der Waals surface area (Å²) in [7, 11) is 3.07. The maximum Gasteiger partial charge on any atom is 0.407 e. The van der Waals surface area contributed by atoms with Crippen LogP contribution in [-0.4, -0.2) is 71.4 Å². The fourth-order valence-electron chi connectivity index (χ4n) is 2.61. The number of aryl methyl sites for hydroxylation is 1. The molecule has 0 bridgehead atoms. The van der Waals surface area contributed by atoms with E-state index in [4.69, 9.17) is 14.6 Å². The molecule has 2 unspecified atom stereocenters. The van der Waals surface area contributed by atoms with Gasteiger partial charge in [0.25, 0.3) is 5.91 Å². The first-order valence-corrected chi connectivity index (χ1v) is 7.32. The number of nitrogens with zero attached hydrogens (tertiary/aromatic N) is 2. The molecule has 0 aliphatic carbocycles. The number of hydrogen-bond acceptors (Lipinski definition) is 5. The minimum atomic E-state index is -0.984. The number of amides is 2. The molecule has 1 aliphatic heterocycles. The maximum atomic E-state index is 12.3. The Morgan fingerprint density at radius 1 is 1.48 bits per heavy atom. The van der Waals surface area contributed by atoms with Crippen LogP contribution in [0, 0.1) is 6.92 Å². The molecule has 1 fully saturated rings. The quantitative estimate of drug-likeness (QED) is 0.719. The number of rotatable bonds is 5. The second-order valence-corrected chi connectivity index (χ2v) is 5.46. The lowest BCUT2D eigenvalue weighted by molar-refractivity contribution is 0.0100. The summed E-state index contributed by atoms with van der Waals surface area (Å²) in [6, 6.07) is -0.264. The van der Waals surface area contributed by atoms with Crippen LogP contribution in [0.3, 0.4) is 0 Å². The van der Waals surface area contributed by atoms with Crippen LogP contribution in [0.25, 0.3) is 0 Å². The van der Waals surface area contributed by atoms with Crippen LogP contribution in [0.2, 0.25) is 0 Å². The molecule has 1 aliphatic rings. The molecule has 9 heteroatoms. The number of carboxylic acid groups (broad SMARTS) is 1. The van der Waals surface area contributed by atoms with Crippen LogP contribution in [0.15, 0.2) is 0 Å². The van der Waals surface area contributed by atoms with Crippen molar-refractivity contribution in [1.29, 1.82) is 0 Å². The van der Waals surface area contributed by atoms with E-state index < -0.39 is 12.2 Å². The number of imidazole rings is 1. The molecule has 0 spiro atoms. The van der Waals surface area contributed by atoms with Gasteiger partial charge in [0.1, 0.15) is 0 Å². The van der Waals surface area contributed by atoms with E-state index in [0.29, 0.717) is 25.3 Å². The zero-order valence-corrected chi connectivity index (χ0v) is 13.5. The molecule has 3 N–H and O–H groups in total. The predicted molar refractivity (Wildman–Crippen MR) is 80.3 cm³/mol. The summed E-state index contributed by atoms with van der Waals surface area (Å²) in [5, 5.41) is 11.9. The molecular weight excluding hydrogens is 304 g/mol. The minimum Gasteiger partial charge on any atom is -0.465 e. The van der Waals surface area contributed by atoms with Crippen molar-refractivity contribution in [2.24, 2.45) is 0 Å². The Kier molecular flexibility index (Phi) is 5.56. The summed E-state index contributed by atoms with van der Waals surface area (Å²) in [6.45, 7) is 2.73. The van der Waals surface area contributed by atoms with Crippen LogP contribution < -0.4 is 5.32 Å². The van der Waals surface area contributed by atoms with Gasteiger partial charge in [-0.05, 0) is 13.3 Å². The van der Waals surface area contributed by atoms with Gasteiger partial charge >= 0.3 is 6.09 Å². The number of aromatic nitrogens is 2. The molecule has 2 rings (SSSR count). The number of aromatic amines is 1. The predicted octanol–water partition coefficient (Wildman–Crippen LogP) is 0.362. The van der Waals surface area contributed by atoms with Crippen molar-refractivity contribution >= 4 is 12.0 Å². The number of likely N-dealkylation sites (tertiary alicyclic amines) is 1. The lowest BCUT2D eigenvalue weighted by atomic mass is 10.0. The van der Waals surface area contributed by atoms with E-state index in [1.807, 2.05) is 6.92 Å². The Morgan fingerprint density at radius 3 is 2.83 bits per heavy atom. The molecule has 128 valence electrons. The number of hydrogen-bond donors (Lipinski definition) is 3. The second kappa shape index (κ2) is 7.42. The molecule has 0 saturated carbocycles. The van der Waals surface area contributed by atoms with Gasteiger partial charge in [-0.2, -0.15) is 0 Å². The number of ether oxygens (including phenoxy) is 2. The Hall–Kier alpha value is -2.13. The fraction of sp³-hybridized carbons (Fsp3) is 0.643. The second-order valence-electron chi connectivity index (χ2n) is 5.46. The number of carbonyl (C=O) groups excluding carboxylic acids is 1. The molecule has 23 heavy (non-hydrogen) atoms. The highest BCUT2D eigenvalue weighted by Gasteiger charge is 2.33. The van der Waals surface area contributed by atoms with Gasteiger partial charge < -0.3 is 29.8 Å². The molecule has 1 aromatic heterocycles. The minimum absolute atomic E-state index is 0.213. The van der Waals surface area contributed by atoms with Gasteiger partial charge in [0.05, 0.1) is 31.0 Å². The third-order valence-corrected chi connectivity index (χ3v) is 3.93. The third-order valence-electron chi connectivity index (χ3n) is 3.93. The van der Waals surface area contributed by atoms with E-state index in [1.54, 1.807) is 7.11 Å². The van der Waals surface area contributed by atoms with Gasteiger partial charge in [-0.15, -0.1) is 0 Å². The first-order valence-electron chi connectivity index (χ1n) is 7.32. The normalized spacial score (nSPS) is 21.3. The summed E-state index contributed by atoms with van der Waals surface area (Å²) in [5.74, 6) is -0.128. The van der Waals surface area contributed by atoms with Gasteiger partial charge in [-0.1, -0.05) is 0 Å². The highest BCUT2D eigenvalue weighted by Crippen LogP contribution is 2.15. The molecular formula is C14H22N4O5. The average Bonchev–Trinajstić information content (AvgIpc) is 2.89. The molecule has 1 saturated heterocycles. The Balaban J connectivity index is 2.01. The smallest absolute Gasteiger partial charge is 0.407 e. The van der Waals surface area contributed by atoms with E-state index in [2.05, 4.69) is 15.3 Å². The number of H-pyrrole nitrogens is 1. The fourth-order valence-corrected chi connectivity index (χ4v) is 2.61. The summed E-state index contributed by atoms with van der Waals surface area (Å²) >= 11 is 0. The summed E-state index contributed by atoms with van der Waals surface area (Å²) < 4.78 is 10.3. The molecule has 2 atom stereocenters. The van der Waals surface area contributed by atoms with Crippen molar-refractivity contribution < 1.29 is 24.2 Å². The standard InChI is InChI=1S/C14H22N4O5/c1-8-10(7-22-2)16-12(15-8)13(19)17-9-4-5-18(14(20)21)6-11(9)23-3/h9,11H,4-7H2,1-3H3,(H,15,16)(H,17,19)(H,20,21). The molecule has 2 amide bonds. The lowest BCUT2D eigenvalue weighted by Crippen LogP contribution is -2.55. The van der Waals surface area contributed by atoms with Gasteiger partial charge in [0.15, 0.2) is 5.82 Å². The van der Waals surface area contributed by atoms with Gasteiger partial charge in [-0.3, -0.25) is 4.79 Å². The average molecular weight is 326 g/mol. The van der Waals surface area contributed by atoms with Crippen LogP contribution in [-0.2, 0) is 16.1 Å². The maximum absolute atomic E-state index is 12.3. The monoisotopic (exact) mass is 326 g/mol. The van der Waals surface area contributed by atoms with Crippen molar-refractivity contribution in [2.75, 3.05) is 27.3 Å². The van der Waals surface area contributed by atoms with E-state index in [9.17, 15) is 9.59 Å². The van der Waals surface area contributed by atoms with Crippen molar-refractivity contribution in [2.45, 2.75) is 32.1 Å². The van der Waals surface area contributed by atoms with E-state index in [0.717, 1.165) is 5.69 Å². The van der Waals surface area contributed by atoms with Crippen LogP contribution in [0.4, 0.5) is 4.79 Å². The summed E-state index contributed by atoms with van der Waals surface area (Å²) in [6.07, 6.45) is -0.887. The van der Waals surface area contributed by atoms with Crippen molar-refractivity contribution in [3.8, 4) is 0 Å². The van der Waals surface area contributed by atoms with Crippen molar-refractivity contribution in [1.82, 2.24) is 20.2 Å². The zero-order valence-electron chi connectivity index (χ0n) is 13.5. The molecule has 2 heterocycles. The molecule has 0 aromatic carbocycles. The molecule has 9 nitrogen and oxygen atoms in total. The summed E-state index contributed by atoms with van der Waals surface area (Å²) in [5.41, 5.74) is 1.46. The van der Waals surface area contributed by atoms with Gasteiger partial charge in [-0.25, -0.2) is 9.78 Å². The van der Waals surface area contributed by atoms with Crippen LogP contribution in [0.5, 0.6) is 0 Å². The number of nitrogens with one attached hydrogen (secondary N) is 2. The molecule has 1 aromatic rings. The highest BCUT2D eigenvalue weighted by atomic mass is 16.5. The number of methoxy groups -OCH3 is 2. The Bertz CT molecular complexity index is 574. The summed E-state index contributed by atoms with van der Waals surface area (Å²) in [4.78, 5) is 31.8. The van der Waals surface area contributed by atoms with E-state index in [1.165, 1.54) is 12.0 Å². The van der Waals surface area contributed by atoms with Crippen LogP contribution >= 0.6 is 0 Å². The zero-order chi connectivity index (χ0) is 17.0. The topological polar surface area (TPSA) is 117 Å². The van der Waals surface area contributed by atoms with Crippen molar-refractivity contribution in [3.63, 3.8) is 0 Å². The van der Waals surface area contributed by atoms with Crippen molar-refractivity contribution in [3.05, 3.63) is 17.2 Å². The molecule has 0 radical (unpaired) electrons. The third kappa shape index (κ3) is 3.99. The van der Waals surface area contributed by atoms with E-state index in [-0.39, 0.29) is 24.3 Å². The first-order chi connectivity index (χ1) is 11.0. The lowest BCUT2D eigenvalue weighted by Gasteiger charge is -2.36. The van der Waals surface area contributed by atoms with Gasteiger partial charge in [0, 0.05) is 26.5 Å². The van der Waals surface area contributed by atoms with Gasteiger partial charge in [0.2, 0.25) is 0 Å². The number of piperidine rings is 1. The number of carbonyl (C=O) groups is 2. The Labute approximate surface area is 134 Å². The largest absolute Gasteiger partial charge is 0.465 e. The highest BCUT2D eigenvalue weighted by molar-refractivity contribution is 5.91. The van der Waals surface area contributed by atoms with E-state index >= 15 is 0 Å².